The summed E-state index contributed by atoms with van der Waals surface area (Å²) in [5.41, 5.74) is -0.487. The SMILES string of the molecule is CC[C@H]1C[C@@H](C)C(=O)/C=C\C(C)=C/[C@@H](C)[C@@H](CC)OC(=O)C[C@@H](O)[C@H](C)[C@H]1O[C@H]1C[C@@](C)(O)[C@@H](O)[C@H](C)O1. The van der Waals surface area contributed by atoms with Gasteiger partial charge in [-0.1, -0.05) is 58.8 Å². The first-order valence-corrected chi connectivity index (χ1v) is 14.2. The maximum Gasteiger partial charge on any atom is 0.308 e. The van der Waals surface area contributed by atoms with Crippen LogP contribution in [0.15, 0.2) is 23.8 Å². The third-order valence-corrected chi connectivity index (χ3v) is 8.28. The largest absolute Gasteiger partial charge is 0.462 e. The summed E-state index contributed by atoms with van der Waals surface area (Å²) >= 11 is 0. The zero-order valence-corrected chi connectivity index (χ0v) is 24.4. The van der Waals surface area contributed by atoms with Gasteiger partial charge in [0.2, 0.25) is 0 Å². The molecule has 1 fully saturated rings. The van der Waals surface area contributed by atoms with Crippen LogP contribution in [-0.4, -0.2) is 69.5 Å². The minimum atomic E-state index is -1.40. The number of ether oxygens (including phenoxy) is 3. The third kappa shape index (κ3) is 8.71. The normalized spacial score (nSPS) is 44.7. The first-order chi connectivity index (χ1) is 17.7. The van der Waals surface area contributed by atoms with Gasteiger partial charge in [0.05, 0.1) is 30.3 Å². The molecule has 1 saturated heterocycles. The molecule has 0 aromatic carbocycles. The van der Waals surface area contributed by atoms with E-state index in [0.717, 1.165) is 5.57 Å². The zero-order valence-electron chi connectivity index (χ0n) is 24.4. The Morgan fingerprint density at radius 1 is 1.08 bits per heavy atom. The van der Waals surface area contributed by atoms with Crippen LogP contribution in [0.3, 0.4) is 0 Å². The van der Waals surface area contributed by atoms with Crippen LogP contribution in [0, 0.1) is 23.7 Å². The molecule has 0 aromatic rings. The highest BCUT2D eigenvalue weighted by atomic mass is 16.7. The summed E-state index contributed by atoms with van der Waals surface area (Å²) in [6, 6.07) is 0. The number of hydrogen-bond acceptors (Lipinski definition) is 8. The highest BCUT2D eigenvalue weighted by molar-refractivity contribution is 5.91. The van der Waals surface area contributed by atoms with E-state index >= 15 is 0 Å². The van der Waals surface area contributed by atoms with E-state index in [2.05, 4.69) is 0 Å². The Morgan fingerprint density at radius 3 is 2.32 bits per heavy atom. The summed E-state index contributed by atoms with van der Waals surface area (Å²) in [6.07, 6.45) is 2.59. The second-order valence-corrected chi connectivity index (χ2v) is 11.8. The minimum Gasteiger partial charge on any atom is -0.462 e. The number of carbonyl (C=O) groups excluding carboxylic acids is 2. The van der Waals surface area contributed by atoms with Crippen molar-refractivity contribution in [1.82, 2.24) is 0 Å². The molecule has 38 heavy (non-hydrogen) atoms. The lowest BCUT2D eigenvalue weighted by Gasteiger charge is -2.44. The maximum atomic E-state index is 13.0. The molecule has 0 amide bonds. The Morgan fingerprint density at radius 2 is 1.74 bits per heavy atom. The van der Waals surface area contributed by atoms with Gasteiger partial charge in [-0.25, -0.2) is 0 Å². The molecule has 3 N–H and O–H groups in total. The Labute approximate surface area is 228 Å². The predicted molar refractivity (Wildman–Crippen MR) is 145 cm³/mol. The molecular formula is C30H50O8. The highest BCUT2D eigenvalue weighted by Crippen LogP contribution is 2.35. The first-order valence-electron chi connectivity index (χ1n) is 14.2. The summed E-state index contributed by atoms with van der Waals surface area (Å²) in [4.78, 5) is 25.9. The van der Waals surface area contributed by atoms with Crippen LogP contribution >= 0.6 is 0 Å². The molecule has 0 unspecified atom stereocenters. The lowest BCUT2D eigenvalue weighted by molar-refractivity contribution is -0.294. The standard InChI is InChI=1S/C30H50O8/c1-9-22-14-18(4)23(31)12-11-17(3)13-19(5)25(10-2)37-26(33)15-24(32)20(6)28(22)38-27-16-30(8,35)29(34)21(7)36-27/h11-13,18-22,24-25,27-29,32,34-35H,9-10,14-16H2,1-8H3/b12-11-,17-13-/t18-,19-,20+,21+,22+,24-,25-,27+,28-,29+,30-/m1/s1. The highest BCUT2D eigenvalue weighted by Gasteiger charge is 2.45. The molecule has 8 heteroatoms. The zero-order chi connectivity index (χ0) is 28.8. The van der Waals surface area contributed by atoms with E-state index in [1.807, 2.05) is 53.7 Å². The van der Waals surface area contributed by atoms with Crippen molar-refractivity contribution in [1.29, 1.82) is 0 Å². The van der Waals surface area contributed by atoms with Crippen LogP contribution in [-0.2, 0) is 23.8 Å². The van der Waals surface area contributed by atoms with Crippen molar-refractivity contribution in [3.05, 3.63) is 23.8 Å². The number of aliphatic hydroxyl groups excluding tert-OH is 2. The number of cyclic esters (lactones) is 1. The summed E-state index contributed by atoms with van der Waals surface area (Å²) in [7, 11) is 0. The summed E-state index contributed by atoms with van der Waals surface area (Å²) < 4.78 is 18.1. The van der Waals surface area contributed by atoms with Crippen LogP contribution in [0.1, 0.15) is 87.5 Å². The Hall–Kier alpha value is -1.58. The van der Waals surface area contributed by atoms with Gasteiger partial charge in [0.15, 0.2) is 12.1 Å². The van der Waals surface area contributed by atoms with Gasteiger partial charge in [-0.2, -0.15) is 0 Å². The molecule has 0 spiro atoms. The predicted octanol–water partition coefficient (Wildman–Crippen LogP) is 4.10. The monoisotopic (exact) mass is 538 g/mol. The molecular weight excluding hydrogens is 488 g/mol. The Kier molecular flexibility index (Phi) is 12.2. The van der Waals surface area contributed by atoms with Crippen molar-refractivity contribution in [2.24, 2.45) is 23.7 Å². The summed E-state index contributed by atoms with van der Waals surface area (Å²) in [5.74, 6) is -1.43. The smallest absolute Gasteiger partial charge is 0.308 e. The van der Waals surface area contributed by atoms with Gasteiger partial charge in [-0.15, -0.1) is 0 Å². The van der Waals surface area contributed by atoms with Gasteiger partial charge in [0.1, 0.15) is 12.2 Å². The van der Waals surface area contributed by atoms with Crippen molar-refractivity contribution < 1.29 is 39.1 Å². The lowest BCUT2D eigenvalue weighted by atomic mass is 9.79. The third-order valence-electron chi connectivity index (χ3n) is 8.28. The van der Waals surface area contributed by atoms with Crippen molar-refractivity contribution in [3.8, 4) is 0 Å². The van der Waals surface area contributed by atoms with E-state index in [-0.39, 0.29) is 42.5 Å². The molecule has 2 heterocycles. The molecule has 0 saturated carbocycles. The molecule has 0 radical (unpaired) electrons. The number of aliphatic hydroxyl groups is 3. The molecule has 11 atom stereocenters. The van der Waals surface area contributed by atoms with Crippen molar-refractivity contribution >= 4 is 11.8 Å². The van der Waals surface area contributed by atoms with Crippen LogP contribution in [0.2, 0.25) is 0 Å². The number of esters is 1. The molecule has 218 valence electrons. The second-order valence-electron chi connectivity index (χ2n) is 11.8. The van der Waals surface area contributed by atoms with Crippen LogP contribution in [0.5, 0.6) is 0 Å². The average Bonchev–Trinajstić information content (AvgIpc) is 2.84. The van der Waals surface area contributed by atoms with E-state index in [1.54, 1.807) is 19.9 Å². The van der Waals surface area contributed by atoms with E-state index in [0.29, 0.717) is 19.3 Å². The number of ketones is 1. The van der Waals surface area contributed by atoms with E-state index in [1.165, 1.54) is 0 Å². The van der Waals surface area contributed by atoms with Crippen LogP contribution in [0.4, 0.5) is 0 Å². The van der Waals surface area contributed by atoms with Crippen LogP contribution in [0.25, 0.3) is 0 Å². The molecule has 0 bridgehead atoms. The number of rotatable bonds is 4. The summed E-state index contributed by atoms with van der Waals surface area (Å²) in [6.45, 7) is 14.8. The lowest BCUT2D eigenvalue weighted by Crippen LogP contribution is -2.56. The molecule has 2 aliphatic rings. The van der Waals surface area contributed by atoms with Crippen molar-refractivity contribution in [3.63, 3.8) is 0 Å². The van der Waals surface area contributed by atoms with Gasteiger partial charge in [0, 0.05) is 24.2 Å². The van der Waals surface area contributed by atoms with E-state index in [9.17, 15) is 24.9 Å². The Balaban J connectivity index is 2.41. The van der Waals surface area contributed by atoms with Gasteiger partial charge in [-0.3, -0.25) is 9.59 Å². The maximum absolute atomic E-state index is 13.0. The van der Waals surface area contributed by atoms with Gasteiger partial charge < -0.3 is 29.5 Å². The molecule has 2 rings (SSSR count). The van der Waals surface area contributed by atoms with Gasteiger partial charge in [0.25, 0.3) is 0 Å². The average molecular weight is 539 g/mol. The van der Waals surface area contributed by atoms with Crippen molar-refractivity contribution in [2.45, 2.75) is 130 Å². The molecule has 2 aliphatic heterocycles. The quantitative estimate of drug-likeness (QED) is 0.457. The fraction of sp³-hybridized carbons (Fsp3) is 0.800. The molecule has 8 nitrogen and oxygen atoms in total. The van der Waals surface area contributed by atoms with E-state index in [4.69, 9.17) is 14.2 Å². The number of hydrogen-bond donors (Lipinski definition) is 3. The summed E-state index contributed by atoms with van der Waals surface area (Å²) in [5, 5.41) is 32.2. The molecule has 0 aliphatic carbocycles. The fourth-order valence-corrected chi connectivity index (χ4v) is 5.66. The number of allylic oxidation sites excluding steroid dienone is 3. The van der Waals surface area contributed by atoms with Gasteiger partial charge >= 0.3 is 5.97 Å². The van der Waals surface area contributed by atoms with Crippen molar-refractivity contribution in [2.75, 3.05) is 0 Å². The molecule has 0 aromatic heterocycles. The van der Waals surface area contributed by atoms with Crippen LogP contribution < -0.4 is 0 Å². The fourth-order valence-electron chi connectivity index (χ4n) is 5.66. The van der Waals surface area contributed by atoms with Gasteiger partial charge in [-0.05, 0) is 45.6 Å². The Bertz CT molecular complexity index is 849. The second kappa shape index (κ2) is 14.2. The van der Waals surface area contributed by atoms with E-state index < -0.39 is 48.2 Å². The minimum absolute atomic E-state index is 0.00922. The first kappa shape index (κ1) is 32.6. The number of carbonyl (C=O) groups is 2. The topological polar surface area (TPSA) is 123 Å².